The van der Waals surface area contributed by atoms with Gasteiger partial charge in [0.05, 0.1) is 25.1 Å². The lowest BCUT2D eigenvalue weighted by Gasteiger charge is -2.29. The molecule has 1 aromatic carbocycles. The van der Waals surface area contributed by atoms with E-state index < -0.39 is 0 Å². The van der Waals surface area contributed by atoms with Crippen molar-refractivity contribution < 1.29 is 6.16 Å². The molecule has 1 N–H and O–H groups in total. The van der Waals surface area contributed by atoms with Crippen molar-refractivity contribution in [1.29, 1.82) is 0 Å². The lowest BCUT2D eigenvalue weighted by molar-refractivity contribution is 0.122. The van der Waals surface area contributed by atoms with Gasteiger partial charge in [0.15, 0.2) is 0 Å². The highest BCUT2D eigenvalue weighted by Crippen LogP contribution is 2.33. The quantitative estimate of drug-likeness (QED) is 0.676. The third-order valence-electron chi connectivity index (χ3n) is 4.90. The zero-order valence-corrected chi connectivity index (χ0v) is 15.4. The summed E-state index contributed by atoms with van der Waals surface area (Å²) in [6.07, 6.45) is 3.86. The maximum absolute atomic E-state index is 5.49. The summed E-state index contributed by atoms with van der Waals surface area (Å²) in [5.41, 5.74) is 7.75. The Morgan fingerprint density at radius 2 is 2.12 bits per heavy atom. The van der Waals surface area contributed by atoms with E-state index >= 15 is 0 Å². The van der Waals surface area contributed by atoms with Crippen molar-refractivity contribution >= 4 is 18.0 Å². The molecule has 2 aliphatic rings. The zero-order chi connectivity index (χ0) is 17.9. The van der Waals surface area contributed by atoms with E-state index in [9.17, 15) is 0 Å². The van der Waals surface area contributed by atoms with Crippen LogP contribution in [0.1, 0.15) is 30.7 Å². The molecule has 1 aliphatic heterocycles. The number of ether oxygens (including phenoxy) is 1. The van der Waals surface area contributed by atoms with Gasteiger partial charge in [0.2, 0.25) is 5.95 Å². The molecule has 0 radical (unpaired) electrons. The molecule has 4 rings (SSSR count). The normalized spacial score (nSPS) is 19.8. The summed E-state index contributed by atoms with van der Waals surface area (Å²) in [4.78, 5) is 11.8. The highest BCUT2D eigenvalue weighted by atomic mass is 16.5. The average Bonchev–Trinajstić information content (AvgIpc) is 3.02. The largest absolute Gasteiger partial charge is 0.378 e. The third-order valence-corrected chi connectivity index (χ3v) is 4.90. The van der Waals surface area contributed by atoms with Crippen molar-refractivity contribution in [2.24, 2.45) is 11.0 Å². The minimum absolute atomic E-state index is 0. The highest BCUT2D eigenvalue weighted by Gasteiger charge is 2.27. The predicted octanol–water partition coefficient (Wildman–Crippen LogP) is 3.05. The number of aromatic nitrogens is 2. The molecule has 0 amide bonds. The van der Waals surface area contributed by atoms with E-state index in [2.05, 4.69) is 41.4 Å². The first-order valence-corrected chi connectivity index (χ1v) is 9.27. The van der Waals surface area contributed by atoms with Crippen LogP contribution in [-0.4, -0.2) is 42.5 Å². The molecule has 1 unspecified atom stereocenters. The number of fused-ring (bicyclic) bond motifs is 1. The van der Waals surface area contributed by atoms with Gasteiger partial charge >= 0.3 is 0 Å². The lowest BCUT2D eigenvalue weighted by atomic mass is 10.1. The first-order chi connectivity index (χ1) is 12.7. The maximum atomic E-state index is 5.49. The Morgan fingerprint density at radius 3 is 2.92 bits per heavy atom. The Hall–Kier alpha value is -2.47. The van der Waals surface area contributed by atoms with Crippen LogP contribution >= 0.6 is 0 Å². The lowest BCUT2D eigenvalue weighted by Crippen LogP contribution is -2.37. The van der Waals surface area contributed by atoms with E-state index in [-0.39, 0.29) is 1.43 Å². The fourth-order valence-electron chi connectivity index (χ4n) is 3.65. The third kappa shape index (κ3) is 3.70. The van der Waals surface area contributed by atoms with E-state index in [1.807, 2.05) is 12.1 Å². The maximum Gasteiger partial charge on any atom is 0.245 e. The van der Waals surface area contributed by atoms with Gasteiger partial charge < -0.3 is 9.64 Å². The van der Waals surface area contributed by atoms with Crippen LogP contribution in [0.15, 0.2) is 29.4 Å². The average molecular weight is 353 g/mol. The first-order valence-electron chi connectivity index (χ1n) is 9.27. The summed E-state index contributed by atoms with van der Waals surface area (Å²) in [7, 11) is 0. The molecule has 6 heteroatoms. The van der Waals surface area contributed by atoms with Crippen LogP contribution in [0.25, 0.3) is 0 Å². The fourth-order valence-corrected chi connectivity index (χ4v) is 3.65. The van der Waals surface area contributed by atoms with Crippen molar-refractivity contribution in [2.45, 2.75) is 26.7 Å². The highest BCUT2D eigenvalue weighted by molar-refractivity contribution is 5.80. The molecule has 0 spiro atoms. The molecule has 0 bridgehead atoms. The van der Waals surface area contributed by atoms with E-state index in [4.69, 9.17) is 14.7 Å². The van der Waals surface area contributed by atoms with Crippen LogP contribution in [0.2, 0.25) is 0 Å². The van der Waals surface area contributed by atoms with Gasteiger partial charge in [-0.25, -0.2) is 10.4 Å². The monoisotopic (exact) mass is 353 g/mol. The molecule has 26 heavy (non-hydrogen) atoms. The predicted molar refractivity (Wildman–Crippen MR) is 106 cm³/mol. The Labute approximate surface area is 155 Å². The number of rotatable bonds is 4. The van der Waals surface area contributed by atoms with Gasteiger partial charge in [0, 0.05) is 20.1 Å². The number of hydrogen-bond acceptors (Lipinski definition) is 6. The van der Waals surface area contributed by atoms with Gasteiger partial charge in [-0.2, -0.15) is 10.1 Å². The van der Waals surface area contributed by atoms with Crippen molar-refractivity contribution in [3.05, 3.63) is 46.6 Å². The minimum Gasteiger partial charge on any atom is -0.378 e. The number of nitrogens with one attached hydrogen (secondary N) is 1. The number of hydrazone groups is 1. The van der Waals surface area contributed by atoms with Gasteiger partial charge in [0.25, 0.3) is 0 Å². The summed E-state index contributed by atoms with van der Waals surface area (Å²) in [5, 5.41) is 4.34. The summed E-state index contributed by atoms with van der Waals surface area (Å²) in [5.74, 6) is 2.24. The van der Waals surface area contributed by atoms with Gasteiger partial charge in [-0.15, -0.1) is 0 Å². The summed E-state index contributed by atoms with van der Waals surface area (Å²) < 4.78 is 5.49. The molecule has 1 fully saturated rings. The molecule has 1 atom stereocenters. The Morgan fingerprint density at radius 1 is 1.27 bits per heavy atom. The van der Waals surface area contributed by atoms with Gasteiger partial charge in [-0.3, -0.25) is 0 Å². The van der Waals surface area contributed by atoms with Crippen molar-refractivity contribution in [2.75, 3.05) is 36.6 Å². The second-order valence-electron chi connectivity index (χ2n) is 7.19. The molecule has 1 saturated heterocycles. The van der Waals surface area contributed by atoms with E-state index in [1.54, 1.807) is 6.21 Å². The van der Waals surface area contributed by atoms with E-state index in [0.717, 1.165) is 56.2 Å². The summed E-state index contributed by atoms with van der Waals surface area (Å²) >= 11 is 0. The first kappa shape index (κ1) is 17.0. The van der Waals surface area contributed by atoms with Gasteiger partial charge in [-0.05, 0) is 31.2 Å². The molecule has 2 aromatic rings. The molecular weight excluding hydrogens is 326 g/mol. The number of benzene rings is 1. The second-order valence-corrected chi connectivity index (χ2v) is 7.19. The van der Waals surface area contributed by atoms with Gasteiger partial charge in [-0.1, -0.05) is 36.8 Å². The molecule has 0 saturated carbocycles. The molecule has 1 aliphatic carbocycles. The SMILES string of the molecule is Cc1cccc(/C=N/Nc2nc3c(c(N4CCOCC4)n2)CC(C)C3)c1.[HH]. The number of hydrogen-bond donors (Lipinski definition) is 1. The van der Waals surface area contributed by atoms with Crippen LogP contribution in [0.5, 0.6) is 0 Å². The number of morpholine rings is 1. The van der Waals surface area contributed by atoms with Crippen LogP contribution in [0.3, 0.4) is 0 Å². The smallest absolute Gasteiger partial charge is 0.245 e. The van der Waals surface area contributed by atoms with Crippen molar-refractivity contribution in [3.8, 4) is 0 Å². The Balaban J connectivity index is 0.00000210. The number of aryl methyl sites for hydroxylation is 1. The molecule has 2 heterocycles. The number of nitrogens with zero attached hydrogens (tertiary/aromatic N) is 4. The minimum atomic E-state index is 0. The van der Waals surface area contributed by atoms with Crippen molar-refractivity contribution in [1.82, 2.24) is 9.97 Å². The molecule has 138 valence electrons. The fraction of sp³-hybridized carbons (Fsp3) is 0.450. The molecule has 1 aromatic heterocycles. The number of anilines is 2. The molecule has 6 nitrogen and oxygen atoms in total. The van der Waals surface area contributed by atoms with Gasteiger partial charge in [0.1, 0.15) is 5.82 Å². The van der Waals surface area contributed by atoms with Crippen LogP contribution in [-0.2, 0) is 17.6 Å². The zero-order valence-electron chi connectivity index (χ0n) is 15.4. The Bertz CT molecular complexity index is 820. The summed E-state index contributed by atoms with van der Waals surface area (Å²) in [6, 6.07) is 8.23. The summed E-state index contributed by atoms with van der Waals surface area (Å²) in [6.45, 7) is 7.61. The van der Waals surface area contributed by atoms with Crippen LogP contribution in [0, 0.1) is 12.8 Å². The van der Waals surface area contributed by atoms with Crippen LogP contribution < -0.4 is 10.3 Å². The Kier molecular flexibility index (Phi) is 4.84. The molecular formula is C20H27N5O. The van der Waals surface area contributed by atoms with E-state index in [0.29, 0.717) is 11.9 Å². The topological polar surface area (TPSA) is 62.6 Å². The standard InChI is InChI=1S/C20H25N5O.H2/c1-14-4-3-5-16(10-14)13-21-24-20-22-18-12-15(2)11-17(18)19(23-20)25-6-8-26-9-7-25;/h3-5,10,13,15H,6-9,11-12H2,1-2H3,(H,22,23,24);1H/b21-13+;. The second kappa shape index (κ2) is 7.41. The van der Waals surface area contributed by atoms with Crippen molar-refractivity contribution in [3.63, 3.8) is 0 Å². The van der Waals surface area contributed by atoms with Crippen LogP contribution in [0.4, 0.5) is 11.8 Å². The van der Waals surface area contributed by atoms with E-state index in [1.165, 1.54) is 11.1 Å².